The van der Waals surface area contributed by atoms with Crippen LogP contribution in [-0.4, -0.2) is 69.2 Å². The van der Waals surface area contributed by atoms with Crippen LogP contribution in [0.25, 0.3) is 16.9 Å². The number of aromatic nitrogens is 3. The molecule has 9 heteroatoms. The highest BCUT2D eigenvalue weighted by Crippen LogP contribution is 2.31. The predicted octanol–water partition coefficient (Wildman–Crippen LogP) is 3.33. The van der Waals surface area contributed by atoms with Gasteiger partial charge in [-0.25, -0.2) is 9.98 Å². The first-order valence-corrected chi connectivity index (χ1v) is 12.7. The molecule has 0 spiro atoms. The number of imidazole rings is 1. The Balaban J connectivity index is 1.52. The Kier molecular flexibility index (Phi) is 6.83. The molecule has 37 heavy (non-hydrogen) atoms. The summed E-state index contributed by atoms with van der Waals surface area (Å²) in [6, 6.07) is 4.08. The Labute approximate surface area is 216 Å². The summed E-state index contributed by atoms with van der Waals surface area (Å²) in [4.78, 5) is 37.0. The van der Waals surface area contributed by atoms with Crippen LogP contribution in [0.3, 0.4) is 0 Å². The van der Waals surface area contributed by atoms with Gasteiger partial charge in [-0.15, -0.1) is 0 Å². The lowest BCUT2D eigenvalue weighted by molar-refractivity contribution is -0.120. The van der Waals surface area contributed by atoms with Gasteiger partial charge in [-0.3, -0.25) is 14.5 Å². The van der Waals surface area contributed by atoms with E-state index in [1.165, 1.54) is 0 Å². The molecule has 0 aliphatic carbocycles. The highest BCUT2D eigenvalue weighted by molar-refractivity contribution is 6.06. The molecule has 2 atom stereocenters. The van der Waals surface area contributed by atoms with Gasteiger partial charge in [0.15, 0.2) is 0 Å². The van der Waals surface area contributed by atoms with E-state index in [0.717, 1.165) is 46.8 Å². The number of hydrogen-bond acceptors (Lipinski definition) is 5. The van der Waals surface area contributed by atoms with Gasteiger partial charge in [0.2, 0.25) is 0 Å². The van der Waals surface area contributed by atoms with Crippen LogP contribution in [0, 0.1) is 12.8 Å². The summed E-state index contributed by atoms with van der Waals surface area (Å²) in [5.74, 6) is 0.0259. The fraction of sp³-hybridized carbons (Fsp3) is 0.429. The number of hydrogen-bond donors (Lipinski definition) is 1. The lowest BCUT2D eigenvalue weighted by atomic mass is 9.95. The molecule has 1 fully saturated rings. The average molecular weight is 503 g/mol. The van der Waals surface area contributed by atoms with Crippen LogP contribution < -0.4 is 5.32 Å². The zero-order chi connectivity index (χ0) is 26.3. The van der Waals surface area contributed by atoms with Gasteiger partial charge in [-0.05, 0) is 51.5 Å². The lowest BCUT2D eigenvalue weighted by Crippen LogP contribution is -2.39. The number of pyridine rings is 1. The maximum atomic E-state index is 13.5. The normalized spacial score (nSPS) is 19.6. The van der Waals surface area contributed by atoms with E-state index in [1.54, 1.807) is 6.20 Å². The smallest absolute Gasteiger partial charge is 0.254 e. The number of dihydropyridines is 1. The van der Waals surface area contributed by atoms with Crippen molar-refractivity contribution in [2.45, 2.75) is 33.7 Å². The first kappa shape index (κ1) is 25.1. The molecule has 5 heterocycles. The number of carbonyl (C=O) groups is 2. The van der Waals surface area contributed by atoms with Gasteiger partial charge >= 0.3 is 0 Å². The monoisotopic (exact) mass is 502 g/mol. The number of allylic oxidation sites excluding steroid dienone is 1. The van der Waals surface area contributed by atoms with E-state index in [9.17, 15) is 9.59 Å². The standard InChI is InChI=1S/C28H34N6O3/c1-17-12-18(2)31-28(36)24(17)15-30-27(35)23-14-22-13-21(26-29-6-7-32(26)5)16-34(22)25(19(23)3)20(4)33-8-10-37-11-9-33/h6-7,12-14,16,20,24H,8-11,15H2,1-5H3,(H,30,35). The molecule has 3 aromatic heterocycles. The van der Waals surface area contributed by atoms with E-state index in [0.29, 0.717) is 24.5 Å². The topological polar surface area (TPSA) is 93.2 Å². The zero-order valence-corrected chi connectivity index (χ0v) is 22.1. The molecule has 2 unspecified atom stereocenters. The molecule has 2 aliphatic heterocycles. The van der Waals surface area contributed by atoms with E-state index >= 15 is 0 Å². The molecular weight excluding hydrogens is 468 g/mol. The molecule has 0 saturated carbocycles. The minimum Gasteiger partial charge on any atom is -0.379 e. The van der Waals surface area contributed by atoms with Crippen molar-refractivity contribution < 1.29 is 14.3 Å². The number of nitrogens with one attached hydrogen (secondary N) is 1. The first-order chi connectivity index (χ1) is 17.7. The van der Waals surface area contributed by atoms with Crippen molar-refractivity contribution in [3.8, 4) is 11.4 Å². The number of morpholine rings is 1. The van der Waals surface area contributed by atoms with Crippen LogP contribution >= 0.6 is 0 Å². The molecule has 3 aromatic rings. The first-order valence-electron chi connectivity index (χ1n) is 12.7. The Morgan fingerprint density at radius 1 is 1.22 bits per heavy atom. The summed E-state index contributed by atoms with van der Waals surface area (Å²) in [5.41, 5.74) is 6.12. The minimum atomic E-state index is -0.438. The van der Waals surface area contributed by atoms with Crippen molar-refractivity contribution in [3.05, 3.63) is 59.2 Å². The van der Waals surface area contributed by atoms with Crippen molar-refractivity contribution >= 4 is 23.0 Å². The summed E-state index contributed by atoms with van der Waals surface area (Å²) in [5, 5.41) is 3.01. The van der Waals surface area contributed by atoms with Crippen LogP contribution in [-0.2, 0) is 16.6 Å². The fourth-order valence-electron chi connectivity index (χ4n) is 5.48. The Morgan fingerprint density at radius 2 is 1.97 bits per heavy atom. The molecular formula is C28H34N6O3. The Bertz CT molecular complexity index is 1420. The molecule has 5 rings (SSSR count). The van der Waals surface area contributed by atoms with Gasteiger partial charge in [0.05, 0.1) is 19.1 Å². The third-order valence-corrected chi connectivity index (χ3v) is 7.54. The largest absolute Gasteiger partial charge is 0.379 e. The molecule has 1 N–H and O–H groups in total. The average Bonchev–Trinajstić information content (AvgIpc) is 3.48. The van der Waals surface area contributed by atoms with Gasteiger partial charge in [0.1, 0.15) is 5.82 Å². The summed E-state index contributed by atoms with van der Waals surface area (Å²) >= 11 is 0. The van der Waals surface area contributed by atoms with Crippen LogP contribution in [0.4, 0.5) is 0 Å². The van der Waals surface area contributed by atoms with Gasteiger partial charge in [0.25, 0.3) is 11.8 Å². The number of ether oxygens (including phenoxy) is 1. The van der Waals surface area contributed by atoms with Gasteiger partial charge in [-0.1, -0.05) is 5.57 Å². The predicted molar refractivity (Wildman–Crippen MR) is 143 cm³/mol. The van der Waals surface area contributed by atoms with Crippen LogP contribution in [0.1, 0.15) is 48.4 Å². The SMILES string of the molecule is CC1=CC(C)=NC(=O)C1CNC(=O)c1cc2cc(-c3nccn3C)cn2c(C(C)N2CCOCC2)c1C. The van der Waals surface area contributed by atoms with Gasteiger partial charge in [0, 0.05) is 79.4 Å². The fourth-order valence-corrected chi connectivity index (χ4v) is 5.48. The molecule has 194 valence electrons. The number of rotatable bonds is 6. The van der Waals surface area contributed by atoms with Crippen molar-refractivity contribution in [3.63, 3.8) is 0 Å². The van der Waals surface area contributed by atoms with E-state index in [-0.39, 0.29) is 24.4 Å². The second kappa shape index (κ2) is 10.1. The third-order valence-electron chi connectivity index (χ3n) is 7.54. The number of amides is 2. The van der Waals surface area contributed by atoms with Gasteiger partial charge < -0.3 is 19.0 Å². The maximum absolute atomic E-state index is 13.5. The van der Waals surface area contributed by atoms with Crippen LogP contribution in [0.15, 0.2) is 47.4 Å². The summed E-state index contributed by atoms with van der Waals surface area (Å²) in [7, 11) is 1.97. The zero-order valence-electron chi connectivity index (χ0n) is 22.1. The van der Waals surface area contributed by atoms with Crippen LogP contribution in [0.2, 0.25) is 0 Å². The van der Waals surface area contributed by atoms with Crippen molar-refractivity contribution in [1.29, 1.82) is 0 Å². The van der Waals surface area contributed by atoms with Crippen molar-refractivity contribution in [1.82, 2.24) is 24.2 Å². The molecule has 0 aromatic carbocycles. The number of aryl methyl sites for hydroxylation is 1. The molecule has 2 aliphatic rings. The highest BCUT2D eigenvalue weighted by Gasteiger charge is 2.28. The minimum absolute atomic E-state index is 0.0724. The summed E-state index contributed by atoms with van der Waals surface area (Å²) in [6.45, 7) is 11.2. The number of aliphatic imine (C=N–C) groups is 1. The Hall–Kier alpha value is -3.56. The van der Waals surface area contributed by atoms with E-state index in [2.05, 4.69) is 43.8 Å². The van der Waals surface area contributed by atoms with E-state index < -0.39 is 5.92 Å². The molecule has 0 radical (unpaired) electrons. The Morgan fingerprint density at radius 3 is 2.65 bits per heavy atom. The van der Waals surface area contributed by atoms with Crippen molar-refractivity contribution in [2.75, 3.05) is 32.8 Å². The number of carbonyl (C=O) groups excluding carboxylic acids is 2. The third kappa shape index (κ3) is 4.76. The molecule has 2 amide bonds. The molecule has 1 saturated heterocycles. The quantitative estimate of drug-likeness (QED) is 0.558. The maximum Gasteiger partial charge on any atom is 0.254 e. The second-order valence-corrected chi connectivity index (χ2v) is 10.0. The lowest BCUT2D eigenvalue weighted by Gasteiger charge is -2.34. The highest BCUT2D eigenvalue weighted by atomic mass is 16.5. The van der Waals surface area contributed by atoms with E-state index in [4.69, 9.17) is 4.74 Å². The van der Waals surface area contributed by atoms with E-state index in [1.807, 2.05) is 50.7 Å². The van der Waals surface area contributed by atoms with Crippen LogP contribution in [0.5, 0.6) is 0 Å². The molecule has 9 nitrogen and oxygen atoms in total. The molecule has 0 bridgehead atoms. The van der Waals surface area contributed by atoms with Gasteiger partial charge in [-0.2, -0.15) is 0 Å². The summed E-state index contributed by atoms with van der Waals surface area (Å²) < 4.78 is 9.75. The number of fused-ring (bicyclic) bond motifs is 1. The van der Waals surface area contributed by atoms with Crippen molar-refractivity contribution in [2.24, 2.45) is 18.0 Å². The second-order valence-electron chi connectivity index (χ2n) is 10.0. The number of nitrogens with zero attached hydrogens (tertiary/aromatic N) is 5. The summed E-state index contributed by atoms with van der Waals surface area (Å²) in [6.07, 6.45) is 7.71.